The number of benzene rings is 2. The quantitative estimate of drug-likeness (QED) is 0.702. The number of nitrogens with one attached hydrogen (secondary N) is 3. The minimum Gasteiger partial charge on any atom is -0.488 e. The van der Waals surface area contributed by atoms with Gasteiger partial charge in [0.05, 0.1) is 12.7 Å². The van der Waals surface area contributed by atoms with Crippen molar-refractivity contribution in [3.8, 4) is 5.75 Å². The van der Waals surface area contributed by atoms with E-state index in [1.165, 1.54) is 18.2 Å². The zero-order valence-electron chi connectivity index (χ0n) is 13.9. The van der Waals surface area contributed by atoms with Crippen LogP contribution in [0.1, 0.15) is 0 Å². The smallest absolute Gasteiger partial charge is 0.326 e. The van der Waals surface area contributed by atoms with Crippen LogP contribution in [0.2, 0.25) is 0 Å². The normalized spacial score (nSPS) is 11.4. The van der Waals surface area contributed by atoms with Crippen LogP contribution in [0.5, 0.6) is 5.75 Å². The molecule has 0 saturated heterocycles. The Bertz CT molecular complexity index is 710. The molecule has 0 spiro atoms. The monoisotopic (exact) mass is 346 g/mol. The molecule has 6 nitrogen and oxygen atoms in total. The zero-order chi connectivity index (χ0) is 18.1. The Kier molecular flexibility index (Phi) is 6.91. The Morgan fingerprint density at radius 3 is 2.48 bits per heavy atom. The van der Waals surface area contributed by atoms with Gasteiger partial charge in [-0.05, 0) is 24.3 Å². The second kappa shape index (κ2) is 9.39. The molecule has 0 aliphatic carbocycles. The first-order chi connectivity index (χ1) is 12.0. The Labute approximate surface area is 145 Å². The zero-order valence-corrected chi connectivity index (χ0v) is 13.9. The highest BCUT2D eigenvalue weighted by Crippen LogP contribution is 2.11. The molecule has 2 aromatic rings. The average molecular weight is 346 g/mol. The summed E-state index contributed by atoms with van der Waals surface area (Å²) in [4.78, 5) is 24.4. The molecular formula is C18H21FN3O3+. The summed E-state index contributed by atoms with van der Waals surface area (Å²) >= 11 is 0. The third-order valence-electron chi connectivity index (χ3n) is 3.38. The number of carbonyl (C=O) groups is 2. The van der Waals surface area contributed by atoms with E-state index in [9.17, 15) is 14.0 Å². The lowest BCUT2D eigenvalue weighted by Crippen LogP contribution is -3.10. The Hall–Kier alpha value is -2.93. The van der Waals surface area contributed by atoms with E-state index < -0.39 is 17.8 Å². The number of halogens is 1. The van der Waals surface area contributed by atoms with Gasteiger partial charge in [0.25, 0.3) is 5.91 Å². The second-order valence-electron chi connectivity index (χ2n) is 5.53. The number of ether oxygens (including phenoxy) is 1. The van der Waals surface area contributed by atoms with Gasteiger partial charge < -0.3 is 15.0 Å². The standard InChI is InChI=1S/C18H20FN3O3/c1-22(11-12-25-14-7-3-2-4-8-14)13-17(23)21-18(24)20-16-10-6-5-9-15(16)19/h2-10H,11-13H2,1H3,(H2,20,21,23,24)/p+1. The SMILES string of the molecule is C[NH+](CCOc1ccccc1)CC(=O)NC(=O)Nc1ccccc1F. The molecule has 0 bridgehead atoms. The number of para-hydroxylation sites is 2. The highest BCUT2D eigenvalue weighted by Gasteiger charge is 2.14. The predicted octanol–water partition coefficient (Wildman–Crippen LogP) is 1.07. The van der Waals surface area contributed by atoms with Gasteiger partial charge in [0, 0.05) is 0 Å². The number of carbonyl (C=O) groups excluding carboxylic acids is 2. The number of hydrogen-bond acceptors (Lipinski definition) is 3. The van der Waals surface area contributed by atoms with Crippen LogP contribution in [-0.2, 0) is 4.79 Å². The van der Waals surface area contributed by atoms with Crippen molar-refractivity contribution in [2.75, 3.05) is 32.1 Å². The first-order valence-corrected chi connectivity index (χ1v) is 7.89. The summed E-state index contributed by atoms with van der Waals surface area (Å²) in [6.45, 7) is 1.14. The summed E-state index contributed by atoms with van der Waals surface area (Å²) < 4.78 is 19.0. The number of rotatable bonds is 7. The van der Waals surface area contributed by atoms with Crippen LogP contribution in [0.3, 0.4) is 0 Å². The molecule has 0 heterocycles. The predicted molar refractivity (Wildman–Crippen MR) is 92.1 cm³/mol. The summed E-state index contributed by atoms with van der Waals surface area (Å²) in [6, 6.07) is 14.4. The number of anilines is 1. The fourth-order valence-electron chi connectivity index (χ4n) is 2.11. The van der Waals surface area contributed by atoms with E-state index in [0.29, 0.717) is 13.2 Å². The molecule has 1 unspecified atom stereocenters. The third-order valence-corrected chi connectivity index (χ3v) is 3.38. The van der Waals surface area contributed by atoms with Crippen molar-refractivity contribution in [1.82, 2.24) is 5.32 Å². The number of amides is 3. The summed E-state index contributed by atoms with van der Waals surface area (Å²) in [5.74, 6) is -0.249. The van der Waals surface area contributed by atoms with E-state index in [2.05, 4.69) is 10.6 Å². The highest BCUT2D eigenvalue weighted by molar-refractivity contribution is 6.01. The van der Waals surface area contributed by atoms with Crippen LogP contribution in [0.25, 0.3) is 0 Å². The molecule has 0 aromatic heterocycles. The average Bonchev–Trinajstić information content (AvgIpc) is 2.57. The Balaban J connectivity index is 1.68. The van der Waals surface area contributed by atoms with Crippen LogP contribution in [0.15, 0.2) is 54.6 Å². The van der Waals surface area contributed by atoms with E-state index >= 15 is 0 Å². The van der Waals surface area contributed by atoms with Gasteiger partial charge in [-0.2, -0.15) is 0 Å². The molecule has 3 amide bonds. The van der Waals surface area contributed by atoms with Crippen LogP contribution >= 0.6 is 0 Å². The number of quaternary nitrogens is 1. The number of imide groups is 1. The van der Waals surface area contributed by atoms with Gasteiger partial charge in [-0.15, -0.1) is 0 Å². The lowest BCUT2D eigenvalue weighted by atomic mass is 10.3. The third kappa shape index (κ3) is 6.60. The minimum absolute atomic E-state index is 0.0183. The molecular weight excluding hydrogens is 325 g/mol. The molecule has 7 heteroatoms. The van der Waals surface area contributed by atoms with Crippen molar-refractivity contribution >= 4 is 17.6 Å². The van der Waals surface area contributed by atoms with Crippen molar-refractivity contribution in [1.29, 1.82) is 0 Å². The molecule has 0 aliphatic heterocycles. The van der Waals surface area contributed by atoms with E-state index in [1.807, 2.05) is 37.4 Å². The summed E-state index contributed by atoms with van der Waals surface area (Å²) in [7, 11) is 1.82. The first kappa shape index (κ1) is 18.4. The largest absolute Gasteiger partial charge is 0.488 e. The molecule has 3 N–H and O–H groups in total. The Morgan fingerprint density at radius 1 is 1.08 bits per heavy atom. The van der Waals surface area contributed by atoms with Gasteiger partial charge >= 0.3 is 6.03 Å². The van der Waals surface area contributed by atoms with Crippen LogP contribution in [-0.4, -0.2) is 38.7 Å². The lowest BCUT2D eigenvalue weighted by Gasteiger charge is -2.14. The fourth-order valence-corrected chi connectivity index (χ4v) is 2.11. The molecule has 1 atom stereocenters. The maximum Gasteiger partial charge on any atom is 0.326 e. The molecule has 132 valence electrons. The molecule has 2 rings (SSSR count). The Morgan fingerprint density at radius 2 is 1.76 bits per heavy atom. The van der Waals surface area contributed by atoms with Crippen LogP contribution < -0.4 is 20.3 Å². The van der Waals surface area contributed by atoms with Gasteiger partial charge in [-0.25, -0.2) is 9.18 Å². The minimum atomic E-state index is -0.761. The van der Waals surface area contributed by atoms with Gasteiger partial charge in [-0.3, -0.25) is 10.1 Å². The van der Waals surface area contributed by atoms with Gasteiger partial charge in [0.15, 0.2) is 6.54 Å². The number of urea groups is 1. The maximum absolute atomic E-state index is 13.4. The van der Waals surface area contributed by atoms with Crippen LogP contribution in [0, 0.1) is 5.82 Å². The van der Waals surface area contributed by atoms with Crippen molar-refractivity contribution in [3.63, 3.8) is 0 Å². The molecule has 0 saturated carbocycles. The molecule has 25 heavy (non-hydrogen) atoms. The van der Waals surface area contributed by atoms with Gasteiger partial charge in [-0.1, -0.05) is 30.3 Å². The van der Waals surface area contributed by atoms with Crippen molar-refractivity contribution in [2.45, 2.75) is 0 Å². The first-order valence-electron chi connectivity index (χ1n) is 7.89. The number of hydrogen-bond donors (Lipinski definition) is 3. The molecule has 0 radical (unpaired) electrons. The van der Waals surface area contributed by atoms with E-state index in [0.717, 1.165) is 10.6 Å². The van der Waals surface area contributed by atoms with Crippen molar-refractivity contribution in [2.24, 2.45) is 0 Å². The summed E-state index contributed by atoms with van der Waals surface area (Å²) in [6.07, 6.45) is 0. The number of likely N-dealkylation sites (N-methyl/N-ethyl adjacent to an activating group) is 1. The van der Waals surface area contributed by atoms with E-state index in [1.54, 1.807) is 6.07 Å². The van der Waals surface area contributed by atoms with Crippen molar-refractivity contribution in [3.05, 3.63) is 60.4 Å². The maximum atomic E-state index is 13.4. The van der Waals surface area contributed by atoms with Gasteiger partial charge in [0.1, 0.15) is 24.7 Å². The molecule has 2 aromatic carbocycles. The summed E-state index contributed by atoms with van der Waals surface area (Å²) in [5.41, 5.74) is 0.0183. The van der Waals surface area contributed by atoms with E-state index in [4.69, 9.17) is 4.74 Å². The molecule has 0 fully saturated rings. The second-order valence-corrected chi connectivity index (χ2v) is 5.53. The van der Waals surface area contributed by atoms with E-state index in [-0.39, 0.29) is 12.2 Å². The fraction of sp³-hybridized carbons (Fsp3) is 0.222. The topological polar surface area (TPSA) is 71.9 Å². The van der Waals surface area contributed by atoms with Gasteiger partial charge in [0.2, 0.25) is 0 Å². The van der Waals surface area contributed by atoms with Crippen LogP contribution in [0.4, 0.5) is 14.9 Å². The molecule has 0 aliphatic rings. The van der Waals surface area contributed by atoms with Crippen molar-refractivity contribution < 1.29 is 23.6 Å². The highest BCUT2D eigenvalue weighted by atomic mass is 19.1. The lowest BCUT2D eigenvalue weighted by molar-refractivity contribution is -0.871. The summed E-state index contributed by atoms with van der Waals surface area (Å²) in [5, 5.41) is 4.48.